The van der Waals surface area contributed by atoms with E-state index in [1.54, 1.807) is 0 Å². The van der Waals surface area contributed by atoms with Crippen molar-refractivity contribution < 1.29 is 9.59 Å². The number of anilines is 2. The average molecular weight is 498 g/mol. The zero-order valence-corrected chi connectivity index (χ0v) is 22.3. The van der Waals surface area contributed by atoms with Crippen LogP contribution in [0.2, 0.25) is 0 Å². The monoisotopic (exact) mass is 497 g/mol. The Balaban J connectivity index is 1.42. The molecular weight excluding hydrogens is 458 g/mol. The first-order chi connectivity index (χ1) is 17.9. The number of aryl methyl sites for hydroxylation is 2. The molecule has 194 valence electrons. The molecule has 5 rings (SSSR count). The number of nitrogens with zero attached hydrogens (tertiary/aromatic N) is 2. The van der Waals surface area contributed by atoms with Crippen molar-refractivity contribution in [3.63, 3.8) is 0 Å². The number of likely N-dealkylation sites (tertiary alicyclic amines) is 1. The number of nitrogens with one attached hydrogen (secondary N) is 1. The second-order valence-electron chi connectivity index (χ2n) is 10.9. The topological polar surface area (TPSA) is 52.7 Å². The lowest BCUT2D eigenvalue weighted by molar-refractivity contribution is -0.123. The van der Waals surface area contributed by atoms with Crippen LogP contribution in [0.25, 0.3) is 0 Å². The van der Waals surface area contributed by atoms with Crippen molar-refractivity contribution in [1.29, 1.82) is 0 Å². The lowest BCUT2D eigenvalue weighted by Crippen LogP contribution is -2.55. The summed E-state index contributed by atoms with van der Waals surface area (Å²) in [5.41, 5.74) is 4.74. The van der Waals surface area contributed by atoms with Crippen LogP contribution >= 0.6 is 0 Å². The van der Waals surface area contributed by atoms with Crippen molar-refractivity contribution in [2.75, 3.05) is 23.3 Å². The first kappa shape index (κ1) is 25.3. The molecular formula is C32H39N3O2. The molecule has 37 heavy (non-hydrogen) atoms. The fraction of sp³-hybridized carbons (Fsp3) is 0.438. The molecule has 0 radical (unpaired) electrons. The maximum atomic E-state index is 14.0. The molecule has 0 aromatic heterocycles. The van der Waals surface area contributed by atoms with Crippen LogP contribution in [0.4, 0.5) is 11.4 Å². The smallest absolute Gasteiger partial charge is 0.254 e. The van der Waals surface area contributed by atoms with Gasteiger partial charge in [-0.25, -0.2) is 0 Å². The molecule has 0 saturated carbocycles. The van der Waals surface area contributed by atoms with Crippen molar-refractivity contribution >= 4 is 23.2 Å². The van der Waals surface area contributed by atoms with E-state index in [9.17, 15) is 9.59 Å². The predicted molar refractivity (Wildman–Crippen MR) is 151 cm³/mol. The van der Waals surface area contributed by atoms with Crippen molar-refractivity contribution in [2.24, 2.45) is 11.8 Å². The van der Waals surface area contributed by atoms with E-state index < -0.39 is 0 Å². The summed E-state index contributed by atoms with van der Waals surface area (Å²) >= 11 is 0. The lowest BCUT2D eigenvalue weighted by atomic mass is 9.77. The van der Waals surface area contributed by atoms with Gasteiger partial charge in [-0.1, -0.05) is 48.6 Å². The Kier molecular flexibility index (Phi) is 7.50. The van der Waals surface area contributed by atoms with E-state index in [-0.39, 0.29) is 29.7 Å². The van der Waals surface area contributed by atoms with Crippen molar-refractivity contribution in [1.82, 2.24) is 4.90 Å². The van der Waals surface area contributed by atoms with Gasteiger partial charge < -0.3 is 15.1 Å². The standard InChI is InChI=1S/C32H39N3O2/c1-22-11-7-12-23(2)29(22)32(37)35-20-10-18-28(30(35)25-14-5-4-6-15-25)31(36)33-26-16-8-17-27(21-26)34-19-9-13-24(34)3/h4-8,11-12,14,16-17,21,24-25,28,30H,9-10,13,15,18-20H2,1-3H3,(H,33,36)/t24?,25?,28?,30-/m0/s1. The fourth-order valence-electron chi connectivity index (χ4n) is 6.53. The van der Waals surface area contributed by atoms with Gasteiger partial charge in [-0.05, 0) is 82.2 Å². The predicted octanol–water partition coefficient (Wildman–Crippen LogP) is 6.28. The number of hydrogen-bond donors (Lipinski definition) is 1. The lowest BCUT2D eigenvalue weighted by Gasteiger charge is -2.44. The zero-order valence-electron chi connectivity index (χ0n) is 22.3. The molecule has 0 spiro atoms. The van der Waals surface area contributed by atoms with Gasteiger partial charge in [0.15, 0.2) is 0 Å². The van der Waals surface area contributed by atoms with Gasteiger partial charge >= 0.3 is 0 Å². The van der Waals surface area contributed by atoms with Crippen LogP contribution in [0.3, 0.4) is 0 Å². The third-order valence-electron chi connectivity index (χ3n) is 8.43. The van der Waals surface area contributed by atoms with Crippen LogP contribution < -0.4 is 10.2 Å². The van der Waals surface area contributed by atoms with E-state index in [4.69, 9.17) is 0 Å². The minimum atomic E-state index is -0.266. The molecule has 2 aromatic carbocycles. The Labute approximate surface area is 221 Å². The molecule has 5 heteroatoms. The van der Waals surface area contributed by atoms with Gasteiger partial charge in [0.1, 0.15) is 0 Å². The average Bonchev–Trinajstić information content (AvgIpc) is 3.34. The van der Waals surface area contributed by atoms with Gasteiger partial charge in [0.2, 0.25) is 5.91 Å². The molecule has 1 aliphatic carbocycles. The highest BCUT2D eigenvalue weighted by molar-refractivity contribution is 5.99. The van der Waals surface area contributed by atoms with Crippen LogP contribution in [0.5, 0.6) is 0 Å². The quantitative estimate of drug-likeness (QED) is 0.529. The molecule has 3 unspecified atom stereocenters. The molecule has 2 amide bonds. The van der Waals surface area contributed by atoms with Gasteiger partial charge in [-0.2, -0.15) is 0 Å². The van der Waals surface area contributed by atoms with Crippen LogP contribution in [-0.2, 0) is 4.79 Å². The Bertz CT molecular complexity index is 1200. The molecule has 1 N–H and O–H groups in total. The molecule has 0 bridgehead atoms. The summed E-state index contributed by atoms with van der Waals surface area (Å²) in [5, 5.41) is 3.24. The Morgan fingerprint density at radius 2 is 1.70 bits per heavy atom. The van der Waals surface area contributed by atoms with E-state index in [1.807, 2.05) is 49.1 Å². The number of rotatable bonds is 5. The van der Waals surface area contributed by atoms with Gasteiger partial charge in [0.25, 0.3) is 5.91 Å². The maximum Gasteiger partial charge on any atom is 0.254 e. The maximum absolute atomic E-state index is 14.0. The van der Waals surface area contributed by atoms with Crippen LogP contribution in [0.15, 0.2) is 66.8 Å². The highest BCUT2D eigenvalue weighted by Gasteiger charge is 2.42. The second kappa shape index (κ2) is 11.0. The van der Waals surface area contributed by atoms with Crippen LogP contribution in [0.1, 0.15) is 60.5 Å². The van der Waals surface area contributed by atoms with Gasteiger partial charge in [-0.15, -0.1) is 0 Å². The number of carbonyl (C=O) groups is 2. The van der Waals surface area contributed by atoms with Crippen molar-refractivity contribution in [3.05, 3.63) is 83.5 Å². The zero-order chi connectivity index (χ0) is 25.9. The van der Waals surface area contributed by atoms with Gasteiger partial charge in [0, 0.05) is 42.0 Å². The summed E-state index contributed by atoms with van der Waals surface area (Å²) in [6.07, 6.45) is 13.3. The summed E-state index contributed by atoms with van der Waals surface area (Å²) in [6.45, 7) is 8.00. The Morgan fingerprint density at radius 1 is 0.946 bits per heavy atom. The number of piperidine rings is 1. The van der Waals surface area contributed by atoms with E-state index in [0.717, 1.165) is 53.9 Å². The number of allylic oxidation sites excluding steroid dienone is 3. The van der Waals surface area contributed by atoms with Crippen LogP contribution in [0, 0.1) is 25.7 Å². The van der Waals surface area contributed by atoms with E-state index in [0.29, 0.717) is 12.6 Å². The molecule has 5 nitrogen and oxygen atoms in total. The molecule has 3 aliphatic rings. The SMILES string of the molecule is Cc1cccc(C)c1C(=O)N1CCCC(C(=O)Nc2cccc(N3CCCC3C)c2)[C@@H]1C1C=CC=CC1. The molecule has 2 saturated heterocycles. The molecule has 4 atom stereocenters. The van der Waals surface area contributed by atoms with Crippen molar-refractivity contribution in [2.45, 2.75) is 65.0 Å². The normalized spacial score (nSPS) is 25.4. The minimum Gasteiger partial charge on any atom is -0.369 e. The van der Waals surface area contributed by atoms with Gasteiger partial charge in [0.05, 0.1) is 12.0 Å². The summed E-state index contributed by atoms with van der Waals surface area (Å²) in [5.74, 6) is -0.0895. The third-order valence-corrected chi connectivity index (χ3v) is 8.43. The fourth-order valence-corrected chi connectivity index (χ4v) is 6.53. The largest absolute Gasteiger partial charge is 0.369 e. The van der Waals surface area contributed by atoms with Crippen LogP contribution in [-0.4, -0.2) is 41.9 Å². The van der Waals surface area contributed by atoms with E-state index in [1.165, 1.54) is 12.8 Å². The summed E-state index contributed by atoms with van der Waals surface area (Å²) in [6, 6.07) is 14.6. The Morgan fingerprint density at radius 3 is 2.41 bits per heavy atom. The minimum absolute atomic E-state index is 0.0126. The second-order valence-corrected chi connectivity index (χ2v) is 10.9. The van der Waals surface area contributed by atoms with Crippen molar-refractivity contribution in [3.8, 4) is 0 Å². The number of amides is 2. The number of carbonyl (C=O) groups excluding carboxylic acids is 2. The highest BCUT2D eigenvalue weighted by atomic mass is 16.2. The van der Waals surface area contributed by atoms with E-state index >= 15 is 0 Å². The first-order valence-electron chi connectivity index (χ1n) is 13.8. The molecule has 2 heterocycles. The molecule has 2 aliphatic heterocycles. The summed E-state index contributed by atoms with van der Waals surface area (Å²) in [4.78, 5) is 32.3. The third kappa shape index (κ3) is 5.22. The highest BCUT2D eigenvalue weighted by Crippen LogP contribution is 2.36. The molecule has 2 fully saturated rings. The summed E-state index contributed by atoms with van der Waals surface area (Å²) < 4.78 is 0. The number of hydrogen-bond acceptors (Lipinski definition) is 3. The number of benzene rings is 2. The Hall–Kier alpha value is -3.34. The van der Waals surface area contributed by atoms with Gasteiger partial charge in [-0.3, -0.25) is 9.59 Å². The van der Waals surface area contributed by atoms with E-state index in [2.05, 4.69) is 53.6 Å². The summed E-state index contributed by atoms with van der Waals surface area (Å²) in [7, 11) is 0. The molecule has 2 aromatic rings. The first-order valence-corrected chi connectivity index (χ1v) is 13.8.